The van der Waals surface area contributed by atoms with Gasteiger partial charge in [-0.3, -0.25) is 9.59 Å². The van der Waals surface area contributed by atoms with Crippen molar-refractivity contribution in [2.75, 3.05) is 31.8 Å². The van der Waals surface area contributed by atoms with Gasteiger partial charge in [0.25, 0.3) is 11.8 Å². The van der Waals surface area contributed by atoms with Crippen molar-refractivity contribution in [3.05, 3.63) is 10.4 Å². The zero-order chi connectivity index (χ0) is 14.6. The zero-order valence-electron chi connectivity index (χ0n) is 11.1. The van der Waals surface area contributed by atoms with Crippen LogP contribution >= 0.6 is 11.3 Å². The minimum atomic E-state index is -0.670. The maximum Gasteiger partial charge on any atom is 0.263 e. The van der Waals surface area contributed by atoms with E-state index in [9.17, 15) is 9.59 Å². The molecule has 7 nitrogen and oxygen atoms in total. The third-order valence-electron chi connectivity index (χ3n) is 2.42. The molecular weight excluding hydrogens is 268 g/mol. The number of thiophene rings is 1. The van der Waals surface area contributed by atoms with E-state index in [0.29, 0.717) is 11.6 Å². The Morgan fingerprint density at radius 2 is 2.11 bits per heavy atom. The van der Waals surface area contributed by atoms with Crippen LogP contribution in [0, 0.1) is 0 Å². The van der Waals surface area contributed by atoms with Crippen LogP contribution in [0.5, 0.6) is 0 Å². The number of hydrogen-bond donors (Lipinski definition) is 4. The normalized spacial score (nSPS) is 11.9. The predicted molar refractivity (Wildman–Crippen MR) is 75.6 cm³/mol. The molecule has 1 heterocycles. The van der Waals surface area contributed by atoms with Crippen LogP contribution in [0.2, 0.25) is 0 Å². The lowest BCUT2D eigenvalue weighted by Crippen LogP contribution is -2.23. The Bertz CT molecular complexity index is 487. The lowest BCUT2D eigenvalue weighted by Gasteiger charge is -2.13. The standard InChI is InChI=1S/C11H18N4O3S/c1-5(4-18-3)15-11-6(9(13)16)7(12)8(19-11)10(17)14-2/h5,15H,4,12H2,1-3H3,(H2,13,16)(H,14,17). The number of carbonyl (C=O) groups is 2. The fourth-order valence-corrected chi connectivity index (χ4v) is 2.77. The zero-order valence-corrected chi connectivity index (χ0v) is 11.9. The molecule has 0 aliphatic carbocycles. The van der Waals surface area contributed by atoms with E-state index < -0.39 is 5.91 Å². The van der Waals surface area contributed by atoms with E-state index in [-0.39, 0.29) is 28.1 Å². The smallest absolute Gasteiger partial charge is 0.263 e. The molecule has 106 valence electrons. The van der Waals surface area contributed by atoms with Crippen LogP contribution in [-0.4, -0.2) is 38.6 Å². The second-order valence-electron chi connectivity index (χ2n) is 3.99. The summed E-state index contributed by atoms with van der Waals surface area (Å²) in [6.45, 7) is 2.33. The van der Waals surface area contributed by atoms with Crippen LogP contribution in [0.25, 0.3) is 0 Å². The van der Waals surface area contributed by atoms with E-state index in [1.165, 1.54) is 7.05 Å². The van der Waals surface area contributed by atoms with Crippen molar-refractivity contribution < 1.29 is 14.3 Å². The average molecular weight is 286 g/mol. The highest BCUT2D eigenvalue weighted by molar-refractivity contribution is 7.19. The molecule has 0 spiro atoms. The summed E-state index contributed by atoms with van der Waals surface area (Å²) in [5, 5.41) is 6.01. The van der Waals surface area contributed by atoms with Crippen LogP contribution in [0.4, 0.5) is 10.7 Å². The Labute approximate surface area is 115 Å². The molecule has 19 heavy (non-hydrogen) atoms. The monoisotopic (exact) mass is 286 g/mol. The minimum Gasteiger partial charge on any atom is -0.397 e. The van der Waals surface area contributed by atoms with Crippen LogP contribution < -0.4 is 22.1 Å². The number of amides is 2. The van der Waals surface area contributed by atoms with Crippen LogP contribution in [-0.2, 0) is 4.74 Å². The average Bonchev–Trinajstić information content (AvgIpc) is 2.65. The van der Waals surface area contributed by atoms with Gasteiger partial charge in [0.05, 0.1) is 17.9 Å². The summed E-state index contributed by atoms with van der Waals surface area (Å²) in [6.07, 6.45) is 0. The van der Waals surface area contributed by atoms with E-state index in [4.69, 9.17) is 16.2 Å². The summed E-state index contributed by atoms with van der Waals surface area (Å²) in [4.78, 5) is 23.4. The van der Waals surface area contributed by atoms with Gasteiger partial charge < -0.3 is 26.8 Å². The van der Waals surface area contributed by atoms with Crippen molar-refractivity contribution in [1.82, 2.24) is 5.32 Å². The highest BCUT2D eigenvalue weighted by Crippen LogP contribution is 2.35. The molecule has 0 aromatic carbocycles. The fourth-order valence-electron chi connectivity index (χ4n) is 1.59. The fraction of sp³-hybridized carbons (Fsp3) is 0.455. The number of hydrogen-bond acceptors (Lipinski definition) is 6. The van der Waals surface area contributed by atoms with E-state index in [2.05, 4.69) is 10.6 Å². The van der Waals surface area contributed by atoms with Crippen molar-refractivity contribution in [3.63, 3.8) is 0 Å². The second-order valence-corrected chi connectivity index (χ2v) is 5.01. The quantitative estimate of drug-likeness (QED) is 0.597. The second kappa shape index (κ2) is 6.39. The molecule has 0 saturated carbocycles. The molecule has 0 radical (unpaired) electrons. The Morgan fingerprint density at radius 1 is 1.47 bits per heavy atom. The van der Waals surface area contributed by atoms with Crippen molar-refractivity contribution in [2.45, 2.75) is 13.0 Å². The van der Waals surface area contributed by atoms with Gasteiger partial charge in [-0.05, 0) is 6.92 Å². The van der Waals surface area contributed by atoms with E-state index in [1.54, 1.807) is 7.11 Å². The first-order valence-electron chi connectivity index (χ1n) is 5.62. The molecule has 1 aromatic heterocycles. The topological polar surface area (TPSA) is 119 Å². The number of rotatable bonds is 6. The van der Waals surface area contributed by atoms with Gasteiger partial charge in [-0.15, -0.1) is 11.3 Å². The van der Waals surface area contributed by atoms with Gasteiger partial charge >= 0.3 is 0 Å². The summed E-state index contributed by atoms with van der Waals surface area (Å²) >= 11 is 1.10. The van der Waals surface area contributed by atoms with Gasteiger partial charge in [-0.2, -0.15) is 0 Å². The van der Waals surface area contributed by atoms with Gasteiger partial charge in [0.2, 0.25) is 0 Å². The van der Waals surface area contributed by atoms with Gasteiger partial charge in [0.15, 0.2) is 0 Å². The Kier molecular flexibility index (Phi) is 5.13. The first-order valence-corrected chi connectivity index (χ1v) is 6.43. The molecule has 0 aliphatic heterocycles. The molecular formula is C11H18N4O3S. The largest absolute Gasteiger partial charge is 0.397 e. The van der Waals surface area contributed by atoms with Gasteiger partial charge in [0.1, 0.15) is 9.88 Å². The Balaban J connectivity index is 3.15. The summed E-state index contributed by atoms with van der Waals surface area (Å²) in [5.74, 6) is -1.02. The molecule has 8 heteroatoms. The third kappa shape index (κ3) is 3.36. The molecule has 1 unspecified atom stereocenters. The Morgan fingerprint density at radius 3 is 2.58 bits per heavy atom. The van der Waals surface area contributed by atoms with Crippen molar-refractivity contribution >= 4 is 33.8 Å². The molecule has 1 aromatic rings. The van der Waals surface area contributed by atoms with E-state index >= 15 is 0 Å². The molecule has 1 rings (SSSR count). The summed E-state index contributed by atoms with van der Waals surface area (Å²) < 4.78 is 5.00. The third-order valence-corrected chi connectivity index (χ3v) is 3.55. The first kappa shape index (κ1) is 15.3. The minimum absolute atomic E-state index is 0.0429. The number of methoxy groups -OCH3 is 1. The summed E-state index contributed by atoms with van der Waals surface area (Å²) in [5.41, 5.74) is 11.4. The molecule has 0 bridgehead atoms. The van der Waals surface area contributed by atoms with Crippen molar-refractivity contribution in [1.29, 1.82) is 0 Å². The predicted octanol–water partition coefficient (Wildman–Crippen LogP) is 0.236. The Hall–Kier alpha value is -1.80. The maximum absolute atomic E-state index is 11.6. The van der Waals surface area contributed by atoms with Crippen molar-refractivity contribution in [3.8, 4) is 0 Å². The molecule has 1 atom stereocenters. The number of nitrogens with two attached hydrogens (primary N) is 2. The van der Waals surface area contributed by atoms with E-state index in [1.807, 2.05) is 6.92 Å². The number of carbonyl (C=O) groups excluding carboxylic acids is 2. The molecule has 0 saturated heterocycles. The SMILES string of the molecule is CNC(=O)c1sc(NC(C)COC)c(C(N)=O)c1N. The van der Waals surface area contributed by atoms with Crippen LogP contribution in [0.1, 0.15) is 27.0 Å². The molecule has 6 N–H and O–H groups in total. The van der Waals surface area contributed by atoms with Gasteiger partial charge in [-0.1, -0.05) is 0 Å². The highest BCUT2D eigenvalue weighted by Gasteiger charge is 2.24. The highest BCUT2D eigenvalue weighted by atomic mass is 32.1. The molecule has 0 fully saturated rings. The van der Waals surface area contributed by atoms with Crippen LogP contribution in [0.15, 0.2) is 0 Å². The number of anilines is 2. The van der Waals surface area contributed by atoms with Crippen molar-refractivity contribution in [2.24, 2.45) is 5.73 Å². The number of nitrogen functional groups attached to an aromatic ring is 1. The van der Waals surface area contributed by atoms with Gasteiger partial charge in [-0.25, -0.2) is 0 Å². The lowest BCUT2D eigenvalue weighted by atomic mass is 10.2. The molecule has 2 amide bonds. The lowest BCUT2D eigenvalue weighted by molar-refractivity contribution is 0.0967. The van der Waals surface area contributed by atoms with Crippen LogP contribution in [0.3, 0.4) is 0 Å². The summed E-state index contributed by atoms with van der Waals surface area (Å²) in [7, 11) is 3.07. The van der Waals surface area contributed by atoms with Gasteiger partial charge in [0, 0.05) is 20.2 Å². The number of primary amides is 1. The molecule has 0 aliphatic rings. The first-order chi connectivity index (χ1) is 8.92. The number of nitrogens with one attached hydrogen (secondary N) is 2. The number of ether oxygens (including phenoxy) is 1. The summed E-state index contributed by atoms with van der Waals surface area (Å²) in [6, 6.07) is -0.0429. The maximum atomic E-state index is 11.6. The van der Waals surface area contributed by atoms with E-state index in [0.717, 1.165) is 11.3 Å².